The Kier molecular flexibility index (Phi) is 8.97. The number of rotatable bonds is 10. The van der Waals surface area contributed by atoms with Crippen molar-refractivity contribution in [1.82, 2.24) is 5.32 Å². The molecule has 29 heavy (non-hydrogen) atoms. The zero-order chi connectivity index (χ0) is 22.2. The third kappa shape index (κ3) is 8.33. The predicted octanol–water partition coefficient (Wildman–Crippen LogP) is 5.06. The van der Waals surface area contributed by atoms with Crippen molar-refractivity contribution < 1.29 is 35.9 Å². The number of primary amides is 1. The summed E-state index contributed by atoms with van der Waals surface area (Å²) < 4.78 is 77.5. The lowest BCUT2D eigenvalue weighted by Crippen LogP contribution is -2.44. The van der Waals surface area contributed by atoms with E-state index < -0.39 is 46.9 Å². The standard InChI is InChI=1S/C19H24F6N2O2/c1-2-3-4-5-6-7-8-15(16(26)28)27-17(29)12-9-13(18(20,21)22)11-14(10-12)19(23,24)25/h9-11,15H,2-8H2,1H3,(H2,26,28)(H,27,29)/t15-/m0/s1. The lowest BCUT2D eigenvalue weighted by Gasteiger charge is -2.17. The molecular formula is C19H24F6N2O2. The molecule has 0 unspecified atom stereocenters. The Morgan fingerprint density at radius 2 is 1.38 bits per heavy atom. The Bertz CT molecular complexity index is 669. The minimum Gasteiger partial charge on any atom is -0.368 e. The van der Waals surface area contributed by atoms with Gasteiger partial charge in [-0.05, 0) is 24.6 Å². The van der Waals surface area contributed by atoms with E-state index in [2.05, 4.69) is 12.2 Å². The van der Waals surface area contributed by atoms with E-state index in [-0.39, 0.29) is 12.5 Å². The van der Waals surface area contributed by atoms with E-state index in [4.69, 9.17) is 5.73 Å². The quantitative estimate of drug-likeness (QED) is 0.406. The molecular weight excluding hydrogens is 402 g/mol. The number of nitrogens with two attached hydrogens (primary N) is 1. The van der Waals surface area contributed by atoms with Gasteiger partial charge in [-0.15, -0.1) is 0 Å². The van der Waals surface area contributed by atoms with E-state index in [9.17, 15) is 35.9 Å². The molecule has 1 aromatic rings. The van der Waals surface area contributed by atoms with Gasteiger partial charge in [-0.2, -0.15) is 26.3 Å². The van der Waals surface area contributed by atoms with Gasteiger partial charge in [0, 0.05) is 5.56 Å². The summed E-state index contributed by atoms with van der Waals surface area (Å²) in [4.78, 5) is 23.8. The van der Waals surface area contributed by atoms with Crippen LogP contribution in [0.1, 0.15) is 73.4 Å². The first-order chi connectivity index (χ1) is 13.4. The van der Waals surface area contributed by atoms with E-state index in [1.165, 1.54) is 0 Å². The Balaban J connectivity index is 2.93. The first kappa shape index (κ1) is 24.8. The van der Waals surface area contributed by atoms with E-state index in [1.807, 2.05) is 0 Å². The van der Waals surface area contributed by atoms with Gasteiger partial charge < -0.3 is 11.1 Å². The minimum absolute atomic E-state index is 0.0708. The molecule has 0 aliphatic carbocycles. The third-order valence-electron chi connectivity index (χ3n) is 4.34. The van der Waals surface area contributed by atoms with E-state index in [0.29, 0.717) is 18.6 Å². The number of amides is 2. The molecule has 0 saturated carbocycles. The Hall–Kier alpha value is -2.26. The van der Waals surface area contributed by atoms with Gasteiger partial charge in [0.1, 0.15) is 6.04 Å². The van der Waals surface area contributed by atoms with Crippen LogP contribution in [0.25, 0.3) is 0 Å². The molecule has 0 saturated heterocycles. The maximum absolute atomic E-state index is 12.9. The second-order valence-corrected chi connectivity index (χ2v) is 6.78. The molecule has 0 aromatic heterocycles. The largest absolute Gasteiger partial charge is 0.416 e. The fraction of sp³-hybridized carbons (Fsp3) is 0.579. The number of benzene rings is 1. The van der Waals surface area contributed by atoms with E-state index in [1.54, 1.807) is 0 Å². The Morgan fingerprint density at radius 1 is 0.897 bits per heavy atom. The normalized spacial score (nSPS) is 13.2. The first-order valence-corrected chi connectivity index (χ1v) is 9.26. The fourth-order valence-corrected chi connectivity index (χ4v) is 2.74. The third-order valence-corrected chi connectivity index (χ3v) is 4.34. The highest BCUT2D eigenvalue weighted by Crippen LogP contribution is 2.36. The van der Waals surface area contributed by atoms with Crippen molar-refractivity contribution in [2.75, 3.05) is 0 Å². The molecule has 164 valence electrons. The van der Waals surface area contributed by atoms with Gasteiger partial charge >= 0.3 is 12.4 Å². The van der Waals surface area contributed by atoms with Crippen molar-refractivity contribution in [3.8, 4) is 0 Å². The smallest absolute Gasteiger partial charge is 0.368 e. The van der Waals surface area contributed by atoms with Gasteiger partial charge in [0.05, 0.1) is 11.1 Å². The zero-order valence-corrected chi connectivity index (χ0v) is 15.9. The van der Waals surface area contributed by atoms with Crippen LogP contribution in [-0.4, -0.2) is 17.9 Å². The minimum atomic E-state index is -5.07. The van der Waals surface area contributed by atoms with Crippen LogP contribution in [-0.2, 0) is 17.1 Å². The lowest BCUT2D eigenvalue weighted by molar-refractivity contribution is -0.143. The number of nitrogens with one attached hydrogen (secondary N) is 1. The van der Waals surface area contributed by atoms with Crippen molar-refractivity contribution in [2.45, 2.75) is 70.3 Å². The average molecular weight is 426 g/mol. The number of unbranched alkanes of at least 4 members (excludes halogenated alkanes) is 5. The molecule has 1 aromatic carbocycles. The number of alkyl halides is 6. The van der Waals surface area contributed by atoms with Crippen molar-refractivity contribution in [3.63, 3.8) is 0 Å². The van der Waals surface area contributed by atoms with E-state index >= 15 is 0 Å². The first-order valence-electron chi connectivity index (χ1n) is 9.26. The summed E-state index contributed by atoms with van der Waals surface area (Å²) >= 11 is 0. The number of halogens is 6. The fourth-order valence-electron chi connectivity index (χ4n) is 2.74. The molecule has 0 fully saturated rings. The monoisotopic (exact) mass is 426 g/mol. The highest BCUT2D eigenvalue weighted by Gasteiger charge is 2.37. The van der Waals surface area contributed by atoms with Crippen LogP contribution in [0.4, 0.5) is 26.3 Å². The second kappa shape index (κ2) is 10.5. The van der Waals surface area contributed by atoms with Crippen LogP contribution in [0.15, 0.2) is 18.2 Å². The molecule has 0 heterocycles. The van der Waals surface area contributed by atoms with Crippen LogP contribution < -0.4 is 11.1 Å². The van der Waals surface area contributed by atoms with Gasteiger partial charge in [-0.1, -0.05) is 45.4 Å². The van der Waals surface area contributed by atoms with Crippen LogP contribution in [0.2, 0.25) is 0 Å². The van der Waals surface area contributed by atoms with Gasteiger partial charge in [0.15, 0.2) is 0 Å². The summed E-state index contributed by atoms with van der Waals surface area (Å²) in [5.74, 6) is -2.13. The number of carbonyl (C=O) groups is 2. The van der Waals surface area contributed by atoms with Gasteiger partial charge in [0.25, 0.3) is 5.91 Å². The topological polar surface area (TPSA) is 72.2 Å². The van der Waals surface area contributed by atoms with E-state index in [0.717, 1.165) is 32.1 Å². The molecule has 0 radical (unpaired) electrons. The number of hydrogen-bond donors (Lipinski definition) is 2. The van der Waals surface area contributed by atoms with Crippen LogP contribution in [0.5, 0.6) is 0 Å². The van der Waals surface area contributed by atoms with Crippen LogP contribution in [0, 0.1) is 0 Å². The predicted molar refractivity (Wildman–Crippen MR) is 94.9 cm³/mol. The summed E-state index contributed by atoms with van der Waals surface area (Å²) in [6.07, 6.45) is -4.65. The Morgan fingerprint density at radius 3 is 1.83 bits per heavy atom. The summed E-state index contributed by atoms with van der Waals surface area (Å²) in [6, 6.07) is -0.628. The van der Waals surface area contributed by atoms with Crippen molar-refractivity contribution in [2.24, 2.45) is 5.73 Å². The molecule has 0 aliphatic rings. The number of carbonyl (C=O) groups excluding carboxylic acids is 2. The summed E-state index contributed by atoms with van der Waals surface area (Å²) in [7, 11) is 0. The maximum atomic E-state index is 12.9. The molecule has 0 spiro atoms. The number of hydrogen-bond acceptors (Lipinski definition) is 2. The summed E-state index contributed by atoms with van der Waals surface area (Å²) in [6.45, 7) is 2.05. The van der Waals surface area contributed by atoms with Crippen molar-refractivity contribution >= 4 is 11.8 Å². The van der Waals surface area contributed by atoms with Crippen LogP contribution in [0.3, 0.4) is 0 Å². The lowest BCUT2D eigenvalue weighted by atomic mass is 10.0. The molecule has 10 heteroatoms. The van der Waals surface area contributed by atoms with Crippen LogP contribution >= 0.6 is 0 Å². The Labute approximate surface area is 164 Å². The molecule has 1 atom stereocenters. The second-order valence-electron chi connectivity index (χ2n) is 6.78. The molecule has 0 aliphatic heterocycles. The molecule has 1 rings (SSSR count). The van der Waals surface area contributed by atoms with Crippen molar-refractivity contribution in [3.05, 3.63) is 34.9 Å². The van der Waals surface area contributed by atoms with Gasteiger partial charge in [-0.3, -0.25) is 9.59 Å². The average Bonchev–Trinajstić information content (AvgIpc) is 2.61. The highest BCUT2D eigenvalue weighted by atomic mass is 19.4. The summed E-state index contributed by atoms with van der Waals surface area (Å²) in [5.41, 5.74) is 1.15. The van der Waals surface area contributed by atoms with Crippen molar-refractivity contribution in [1.29, 1.82) is 0 Å². The SMILES string of the molecule is CCCCCCCC[C@H](NC(=O)c1cc(C(F)(F)F)cc(C(F)(F)F)c1)C(N)=O. The molecule has 4 nitrogen and oxygen atoms in total. The van der Waals surface area contributed by atoms with Gasteiger partial charge in [0.2, 0.25) is 5.91 Å². The highest BCUT2D eigenvalue weighted by molar-refractivity contribution is 5.97. The zero-order valence-electron chi connectivity index (χ0n) is 15.9. The molecule has 3 N–H and O–H groups in total. The van der Waals surface area contributed by atoms with Gasteiger partial charge in [-0.25, -0.2) is 0 Å². The molecule has 2 amide bonds. The summed E-state index contributed by atoms with van der Waals surface area (Å²) in [5, 5.41) is 2.14. The molecule has 0 bridgehead atoms. The maximum Gasteiger partial charge on any atom is 0.416 e.